The molecular weight excluding hydrogens is 270 g/mol. The summed E-state index contributed by atoms with van der Waals surface area (Å²) in [5.74, 6) is -0.792. The Morgan fingerprint density at radius 2 is 1.85 bits per heavy atom. The molecule has 2 N–H and O–H groups in total. The van der Waals surface area contributed by atoms with Crippen LogP contribution in [-0.4, -0.2) is 31.0 Å². The first-order valence-electron chi connectivity index (χ1n) is 6.07. The summed E-state index contributed by atoms with van der Waals surface area (Å²) >= 11 is 0. The molecular formula is C13H16F2N2O3. The lowest BCUT2D eigenvalue weighted by atomic mass is 10.2. The van der Waals surface area contributed by atoms with Crippen LogP contribution in [0.5, 0.6) is 5.75 Å². The molecule has 0 bridgehead atoms. The van der Waals surface area contributed by atoms with E-state index in [1.165, 1.54) is 24.3 Å². The van der Waals surface area contributed by atoms with E-state index >= 15 is 0 Å². The van der Waals surface area contributed by atoms with Gasteiger partial charge in [-0.3, -0.25) is 9.59 Å². The Labute approximate surface area is 115 Å². The Hall–Kier alpha value is -2.18. The molecule has 0 aliphatic rings. The third-order valence-electron chi connectivity index (χ3n) is 2.43. The zero-order chi connectivity index (χ0) is 15.1. The van der Waals surface area contributed by atoms with Crippen molar-refractivity contribution in [2.24, 2.45) is 0 Å². The van der Waals surface area contributed by atoms with Crippen LogP contribution in [0.15, 0.2) is 24.3 Å². The van der Waals surface area contributed by atoms with Crippen LogP contribution in [0.3, 0.4) is 0 Å². The Morgan fingerprint density at radius 3 is 2.35 bits per heavy atom. The van der Waals surface area contributed by atoms with Gasteiger partial charge in [-0.25, -0.2) is 0 Å². The molecule has 1 aromatic rings. The van der Waals surface area contributed by atoms with Crippen molar-refractivity contribution in [2.75, 3.05) is 6.54 Å². The molecule has 110 valence electrons. The molecule has 1 atom stereocenters. The lowest BCUT2D eigenvalue weighted by Gasteiger charge is -2.13. The molecule has 7 heteroatoms. The molecule has 0 spiro atoms. The zero-order valence-corrected chi connectivity index (χ0v) is 11.2. The summed E-state index contributed by atoms with van der Waals surface area (Å²) in [7, 11) is 0. The lowest BCUT2D eigenvalue weighted by molar-refractivity contribution is -0.122. The minimum absolute atomic E-state index is 0.0340. The number of halogens is 2. The molecule has 0 aliphatic carbocycles. The fourth-order valence-corrected chi connectivity index (χ4v) is 1.46. The first-order valence-corrected chi connectivity index (χ1v) is 6.07. The summed E-state index contributed by atoms with van der Waals surface area (Å²) in [6.45, 7) is 0.886. The van der Waals surface area contributed by atoms with E-state index in [4.69, 9.17) is 0 Å². The van der Waals surface area contributed by atoms with Gasteiger partial charge in [-0.2, -0.15) is 8.78 Å². The fraction of sp³-hybridized carbons (Fsp3) is 0.385. The summed E-state index contributed by atoms with van der Waals surface area (Å²) in [4.78, 5) is 23.3. The zero-order valence-electron chi connectivity index (χ0n) is 11.2. The molecule has 0 aromatic heterocycles. The van der Waals surface area contributed by atoms with E-state index < -0.39 is 18.6 Å². The number of ether oxygens (including phenoxy) is 1. The minimum Gasteiger partial charge on any atom is -0.435 e. The molecule has 0 saturated heterocycles. The minimum atomic E-state index is -2.91. The van der Waals surface area contributed by atoms with Gasteiger partial charge in [0.25, 0.3) is 5.91 Å². The van der Waals surface area contributed by atoms with Gasteiger partial charge in [0.1, 0.15) is 11.8 Å². The number of nitrogens with one attached hydrogen (secondary N) is 2. The van der Waals surface area contributed by atoms with Crippen molar-refractivity contribution in [3.8, 4) is 5.75 Å². The van der Waals surface area contributed by atoms with Gasteiger partial charge in [0.2, 0.25) is 5.91 Å². The maximum Gasteiger partial charge on any atom is 0.387 e. The predicted molar refractivity (Wildman–Crippen MR) is 68.7 cm³/mol. The van der Waals surface area contributed by atoms with Crippen LogP contribution in [0.25, 0.3) is 0 Å². The van der Waals surface area contributed by atoms with Crippen molar-refractivity contribution in [1.29, 1.82) is 0 Å². The van der Waals surface area contributed by atoms with Gasteiger partial charge in [0.15, 0.2) is 0 Å². The SMILES string of the molecule is CCNC(=O)C(C)NC(=O)c1ccc(OC(F)F)cc1. The normalized spacial score (nSPS) is 11.8. The van der Waals surface area contributed by atoms with Crippen molar-refractivity contribution in [3.05, 3.63) is 29.8 Å². The van der Waals surface area contributed by atoms with Crippen LogP contribution < -0.4 is 15.4 Å². The topological polar surface area (TPSA) is 67.4 Å². The Balaban J connectivity index is 2.61. The van der Waals surface area contributed by atoms with Gasteiger partial charge >= 0.3 is 6.61 Å². The number of hydrogen-bond acceptors (Lipinski definition) is 3. The van der Waals surface area contributed by atoms with Gasteiger partial charge in [0, 0.05) is 12.1 Å². The van der Waals surface area contributed by atoms with Crippen LogP contribution in [0.2, 0.25) is 0 Å². The van der Waals surface area contributed by atoms with E-state index in [1.54, 1.807) is 13.8 Å². The Kier molecular flexibility index (Phi) is 5.89. The third kappa shape index (κ3) is 4.83. The van der Waals surface area contributed by atoms with Crippen LogP contribution in [0.4, 0.5) is 8.78 Å². The smallest absolute Gasteiger partial charge is 0.387 e. The number of amides is 2. The second kappa shape index (κ2) is 7.42. The molecule has 0 saturated carbocycles. The number of likely N-dealkylation sites (N-methyl/N-ethyl adjacent to an activating group) is 1. The molecule has 1 rings (SSSR count). The van der Waals surface area contributed by atoms with Gasteiger partial charge in [-0.1, -0.05) is 0 Å². The van der Waals surface area contributed by atoms with Crippen LogP contribution in [0, 0.1) is 0 Å². The lowest BCUT2D eigenvalue weighted by Crippen LogP contribution is -2.44. The number of carbonyl (C=O) groups is 2. The average molecular weight is 286 g/mol. The van der Waals surface area contributed by atoms with Gasteiger partial charge < -0.3 is 15.4 Å². The fourth-order valence-electron chi connectivity index (χ4n) is 1.46. The first kappa shape index (κ1) is 15.9. The molecule has 1 unspecified atom stereocenters. The maximum absolute atomic E-state index is 12.0. The van der Waals surface area contributed by atoms with Crippen molar-refractivity contribution in [2.45, 2.75) is 26.5 Å². The van der Waals surface area contributed by atoms with Gasteiger partial charge in [-0.15, -0.1) is 0 Å². The highest BCUT2D eigenvalue weighted by Crippen LogP contribution is 2.14. The van der Waals surface area contributed by atoms with E-state index in [9.17, 15) is 18.4 Å². The standard InChI is InChI=1S/C13H16F2N2O3/c1-3-16-11(18)8(2)17-12(19)9-4-6-10(7-5-9)20-13(14)15/h4-8,13H,3H2,1-2H3,(H,16,18)(H,17,19). The largest absolute Gasteiger partial charge is 0.435 e. The van der Waals surface area contributed by atoms with E-state index in [0.29, 0.717) is 6.54 Å². The number of alkyl halides is 2. The summed E-state index contributed by atoms with van der Waals surface area (Å²) in [6, 6.07) is 4.53. The van der Waals surface area contributed by atoms with Gasteiger partial charge in [-0.05, 0) is 38.1 Å². The molecule has 0 fully saturated rings. The van der Waals surface area contributed by atoms with Crippen molar-refractivity contribution in [3.63, 3.8) is 0 Å². The Bertz CT molecular complexity index is 463. The average Bonchev–Trinajstić information content (AvgIpc) is 2.39. The monoisotopic (exact) mass is 286 g/mol. The maximum atomic E-state index is 12.0. The van der Waals surface area contributed by atoms with Crippen LogP contribution in [0.1, 0.15) is 24.2 Å². The van der Waals surface area contributed by atoms with Gasteiger partial charge in [0.05, 0.1) is 0 Å². The molecule has 2 amide bonds. The summed E-state index contributed by atoms with van der Waals surface area (Å²) in [6.07, 6.45) is 0. The highest BCUT2D eigenvalue weighted by atomic mass is 19.3. The summed E-state index contributed by atoms with van der Waals surface area (Å²) in [5, 5.41) is 5.08. The van der Waals surface area contributed by atoms with E-state index in [0.717, 1.165) is 0 Å². The Morgan fingerprint density at radius 1 is 1.25 bits per heavy atom. The number of carbonyl (C=O) groups excluding carboxylic acids is 2. The van der Waals surface area contributed by atoms with Crippen molar-refractivity contribution >= 4 is 11.8 Å². The third-order valence-corrected chi connectivity index (χ3v) is 2.43. The molecule has 0 aliphatic heterocycles. The second-order valence-electron chi connectivity index (χ2n) is 3.99. The van der Waals surface area contributed by atoms with E-state index in [1.807, 2.05) is 0 Å². The predicted octanol–water partition coefficient (Wildman–Crippen LogP) is 1.54. The number of benzene rings is 1. The van der Waals surface area contributed by atoms with Crippen molar-refractivity contribution < 1.29 is 23.1 Å². The van der Waals surface area contributed by atoms with Crippen LogP contribution in [-0.2, 0) is 4.79 Å². The summed E-state index contributed by atoms with van der Waals surface area (Å²) in [5.41, 5.74) is 0.253. The second-order valence-corrected chi connectivity index (χ2v) is 3.99. The molecule has 5 nitrogen and oxygen atoms in total. The summed E-state index contributed by atoms with van der Waals surface area (Å²) < 4.78 is 28.1. The molecule has 0 heterocycles. The van der Waals surface area contributed by atoms with Crippen molar-refractivity contribution in [1.82, 2.24) is 10.6 Å². The van der Waals surface area contributed by atoms with E-state index in [-0.39, 0.29) is 17.2 Å². The molecule has 1 aromatic carbocycles. The quantitative estimate of drug-likeness (QED) is 0.833. The molecule has 20 heavy (non-hydrogen) atoms. The van der Waals surface area contributed by atoms with E-state index in [2.05, 4.69) is 15.4 Å². The molecule has 0 radical (unpaired) electrons. The number of hydrogen-bond donors (Lipinski definition) is 2. The highest BCUT2D eigenvalue weighted by Gasteiger charge is 2.15. The first-order chi connectivity index (χ1) is 9.43. The van der Waals surface area contributed by atoms with Crippen LogP contribution >= 0.6 is 0 Å². The highest BCUT2D eigenvalue weighted by molar-refractivity contribution is 5.97. The number of rotatable bonds is 6.